The summed E-state index contributed by atoms with van der Waals surface area (Å²) in [4.78, 5) is 17.4. The summed E-state index contributed by atoms with van der Waals surface area (Å²) >= 11 is 0. The van der Waals surface area contributed by atoms with Gasteiger partial charge in [0.2, 0.25) is 0 Å². The number of benzene rings is 2. The lowest BCUT2D eigenvalue weighted by Crippen LogP contribution is -2.04. The summed E-state index contributed by atoms with van der Waals surface area (Å²) in [6.07, 6.45) is 2.13. The number of nitrogens with zero attached hydrogens (tertiary/aromatic N) is 4. The lowest BCUT2D eigenvalue weighted by Gasteiger charge is -2.08. The van der Waals surface area contributed by atoms with E-state index in [1.165, 1.54) is 11.1 Å². The van der Waals surface area contributed by atoms with Crippen LogP contribution in [0.5, 0.6) is 0 Å². The molecule has 4 aromatic rings. The third-order valence-electron chi connectivity index (χ3n) is 4.85. The Labute approximate surface area is 183 Å². The van der Waals surface area contributed by atoms with Crippen LogP contribution in [0.15, 0.2) is 48.5 Å². The molecule has 0 bridgehead atoms. The van der Waals surface area contributed by atoms with Crippen LogP contribution in [0.2, 0.25) is 0 Å². The molecule has 0 aliphatic rings. The van der Waals surface area contributed by atoms with Crippen molar-refractivity contribution >= 4 is 34.8 Å². The minimum absolute atomic E-state index is 0.571. The van der Waals surface area contributed by atoms with Crippen LogP contribution in [-0.2, 0) is 11.3 Å². The molecule has 0 fully saturated rings. The Morgan fingerprint density at radius 1 is 1.00 bits per heavy atom. The van der Waals surface area contributed by atoms with Crippen LogP contribution < -0.4 is 5.32 Å². The molecule has 0 aliphatic heterocycles. The number of nitriles is 1. The zero-order valence-electron chi connectivity index (χ0n) is 18.6. The van der Waals surface area contributed by atoms with Crippen molar-refractivity contribution in [2.75, 3.05) is 12.4 Å². The predicted octanol–water partition coefficient (Wildman–Crippen LogP) is 5.42. The highest BCUT2D eigenvalue weighted by Gasteiger charge is 2.19. The molecule has 6 nitrogen and oxygen atoms in total. The fraction of sp³-hybridized carbons (Fsp3) is 0.280. The highest BCUT2D eigenvalue weighted by Crippen LogP contribution is 2.29. The molecular weight excluding hydrogens is 386 g/mol. The van der Waals surface area contributed by atoms with Gasteiger partial charge in [0.1, 0.15) is 29.8 Å². The summed E-state index contributed by atoms with van der Waals surface area (Å²) in [5, 5.41) is 12.6. The highest BCUT2D eigenvalue weighted by atomic mass is 16.1. The van der Waals surface area contributed by atoms with Gasteiger partial charge in [-0.2, -0.15) is 5.26 Å². The number of carbonyl (C=O) groups excluding carboxylic acids is 1. The van der Waals surface area contributed by atoms with Gasteiger partial charge < -0.3 is 14.7 Å². The second kappa shape index (κ2) is 11.5. The minimum atomic E-state index is 0.571. The fourth-order valence-corrected chi connectivity index (χ4v) is 3.24. The maximum atomic E-state index is 9.49. The monoisotopic (exact) mass is 415 g/mol. The van der Waals surface area contributed by atoms with Crippen LogP contribution in [0.4, 0.5) is 5.82 Å². The van der Waals surface area contributed by atoms with Crippen molar-refractivity contribution in [3.8, 4) is 6.07 Å². The number of hydrogen-bond acceptors (Lipinski definition) is 5. The van der Waals surface area contributed by atoms with E-state index in [0.29, 0.717) is 11.1 Å². The molecule has 2 aromatic heterocycles. The van der Waals surface area contributed by atoms with Gasteiger partial charge in [-0.15, -0.1) is 0 Å². The molecule has 0 atom stereocenters. The van der Waals surface area contributed by atoms with Gasteiger partial charge in [-0.05, 0) is 32.4 Å². The molecule has 2 aromatic carbocycles. The van der Waals surface area contributed by atoms with Crippen LogP contribution in [-0.4, -0.2) is 28.4 Å². The third kappa shape index (κ3) is 5.46. The van der Waals surface area contributed by atoms with Crippen molar-refractivity contribution in [1.29, 1.82) is 5.26 Å². The Morgan fingerprint density at radius 3 is 2.03 bits per heavy atom. The smallest absolute Gasteiger partial charge is 0.162 e. The maximum Gasteiger partial charge on any atom is 0.162 e. The molecule has 0 radical (unpaired) electrons. The van der Waals surface area contributed by atoms with E-state index >= 15 is 0 Å². The van der Waals surface area contributed by atoms with Gasteiger partial charge in [-0.25, -0.2) is 9.97 Å². The number of fused-ring (bicyclic) bond motifs is 2. The van der Waals surface area contributed by atoms with Crippen molar-refractivity contribution in [2.45, 2.75) is 40.2 Å². The van der Waals surface area contributed by atoms with E-state index in [-0.39, 0.29) is 0 Å². The van der Waals surface area contributed by atoms with Gasteiger partial charge in [0, 0.05) is 13.6 Å². The van der Waals surface area contributed by atoms with E-state index in [2.05, 4.69) is 66.0 Å². The number of aromatic nitrogens is 3. The molecule has 6 heteroatoms. The van der Waals surface area contributed by atoms with Gasteiger partial charge in [0.15, 0.2) is 5.65 Å². The Kier molecular flexibility index (Phi) is 8.71. The second-order valence-corrected chi connectivity index (χ2v) is 7.13. The summed E-state index contributed by atoms with van der Waals surface area (Å²) in [6.45, 7) is 9.17. The summed E-state index contributed by atoms with van der Waals surface area (Å²) < 4.78 is 2.07. The predicted molar refractivity (Wildman–Crippen MR) is 127 cm³/mol. The molecular formula is C25H29N5O. The second-order valence-electron chi connectivity index (χ2n) is 7.13. The van der Waals surface area contributed by atoms with Crippen LogP contribution in [0, 0.1) is 25.2 Å². The zero-order chi connectivity index (χ0) is 22.8. The first-order chi connectivity index (χ1) is 15.1. The van der Waals surface area contributed by atoms with E-state index < -0.39 is 0 Å². The van der Waals surface area contributed by atoms with Gasteiger partial charge in [-0.3, -0.25) is 0 Å². The van der Waals surface area contributed by atoms with Gasteiger partial charge >= 0.3 is 0 Å². The van der Waals surface area contributed by atoms with Crippen LogP contribution in [0.3, 0.4) is 0 Å². The first-order valence-corrected chi connectivity index (χ1v) is 10.3. The third-order valence-corrected chi connectivity index (χ3v) is 4.85. The first kappa shape index (κ1) is 23.6. The maximum absolute atomic E-state index is 9.49. The van der Waals surface area contributed by atoms with Crippen LogP contribution >= 0.6 is 0 Å². The Balaban J connectivity index is 0.000000286. The average molecular weight is 416 g/mol. The minimum Gasteiger partial charge on any atom is -0.373 e. The van der Waals surface area contributed by atoms with Crippen LogP contribution in [0.25, 0.3) is 22.2 Å². The van der Waals surface area contributed by atoms with Crippen molar-refractivity contribution in [2.24, 2.45) is 0 Å². The summed E-state index contributed by atoms with van der Waals surface area (Å²) in [5.74, 6) is 0.802. The van der Waals surface area contributed by atoms with E-state index in [4.69, 9.17) is 9.78 Å². The Hall–Kier alpha value is -3.72. The summed E-state index contributed by atoms with van der Waals surface area (Å²) in [5.41, 5.74) is 6.36. The molecule has 2 heterocycles. The number of hydrogen-bond donors (Lipinski definition) is 1. The molecule has 31 heavy (non-hydrogen) atoms. The molecule has 0 unspecified atom stereocenters. The molecule has 0 spiro atoms. The summed E-state index contributed by atoms with van der Waals surface area (Å²) in [6, 6.07) is 18.5. The number of carbonyl (C=O) groups is 1. The molecule has 1 N–H and O–H groups in total. The number of unbranched alkanes of at least 4 members (excludes halogenated alkanes) is 1. The number of nitrogens with one attached hydrogen (secondary N) is 1. The molecule has 160 valence electrons. The number of anilines is 1. The lowest BCUT2D eigenvalue weighted by atomic mass is 10.2. The standard InChI is InChI=1S/C16H17N5.C8H10.CH2O/c1-3-4-9-21-15(18-2)11(10-17)14-16(21)20-13-8-6-5-7-12(13)19-14;1-7-3-5-8(2)6-4-7;1-2/h5-8,18H,3-4,9H2,1-2H3;3-6H,1-2H3;1H2. The largest absolute Gasteiger partial charge is 0.373 e. The number of aryl methyl sites for hydroxylation is 3. The van der Waals surface area contributed by atoms with Gasteiger partial charge in [-0.1, -0.05) is 60.9 Å². The molecule has 0 saturated heterocycles. The number of para-hydroxylation sites is 2. The van der Waals surface area contributed by atoms with E-state index in [1.54, 1.807) is 0 Å². The summed E-state index contributed by atoms with van der Waals surface area (Å²) in [7, 11) is 1.83. The van der Waals surface area contributed by atoms with Crippen LogP contribution in [0.1, 0.15) is 36.5 Å². The highest BCUT2D eigenvalue weighted by molar-refractivity contribution is 5.92. The van der Waals surface area contributed by atoms with E-state index in [0.717, 1.165) is 41.9 Å². The lowest BCUT2D eigenvalue weighted by molar-refractivity contribution is -0.0979. The van der Waals surface area contributed by atoms with Crippen molar-refractivity contribution in [3.63, 3.8) is 0 Å². The molecule has 0 aliphatic carbocycles. The molecule has 4 rings (SSSR count). The SMILES string of the molecule is C=O.CCCCn1c(NC)c(C#N)c2nc3ccccc3nc21.Cc1ccc(C)cc1. The quantitative estimate of drug-likeness (QED) is 0.481. The average Bonchev–Trinajstić information content (AvgIpc) is 3.11. The normalized spacial score (nSPS) is 9.90. The van der Waals surface area contributed by atoms with Gasteiger partial charge in [0.05, 0.1) is 11.0 Å². The van der Waals surface area contributed by atoms with E-state index in [9.17, 15) is 5.26 Å². The van der Waals surface area contributed by atoms with Crippen molar-refractivity contribution in [3.05, 3.63) is 65.2 Å². The van der Waals surface area contributed by atoms with Gasteiger partial charge in [0.25, 0.3) is 0 Å². The topological polar surface area (TPSA) is 83.6 Å². The molecule has 0 saturated carbocycles. The van der Waals surface area contributed by atoms with Crippen molar-refractivity contribution in [1.82, 2.24) is 14.5 Å². The number of rotatable bonds is 4. The van der Waals surface area contributed by atoms with E-state index in [1.807, 2.05) is 38.1 Å². The van der Waals surface area contributed by atoms with Crippen molar-refractivity contribution < 1.29 is 4.79 Å². The Bertz CT molecular complexity index is 1150. The zero-order valence-corrected chi connectivity index (χ0v) is 18.6. The fourth-order valence-electron chi connectivity index (χ4n) is 3.24. The Morgan fingerprint density at radius 2 is 1.55 bits per heavy atom. The molecule has 0 amide bonds. The first-order valence-electron chi connectivity index (χ1n) is 10.3.